The normalized spacial score (nSPS) is 13.4. The highest BCUT2D eigenvalue weighted by Gasteiger charge is 2.17. The molecule has 1 saturated heterocycles. The van der Waals surface area contributed by atoms with Crippen LogP contribution in [-0.2, 0) is 17.9 Å². The summed E-state index contributed by atoms with van der Waals surface area (Å²) in [6.07, 6.45) is 3.30. The summed E-state index contributed by atoms with van der Waals surface area (Å²) in [6, 6.07) is 14.5. The highest BCUT2D eigenvalue weighted by molar-refractivity contribution is 5.89. The third kappa shape index (κ3) is 4.48. The SMILES string of the molecule is O=C(Cn1c(=O)cnc2ccccc21)NCc1cccc(NC(=O)N2CCCC2)c1. The maximum Gasteiger partial charge on any atom is 0.321 e. The first-order chi connectivity index (χ1) is 14.6. The number of aromatic nitrogens is 2. The number of rotatable bonds is 5. The van der Waals surface area contributed by atoms with Crippen molar-refractivity contribution in [3.8, 4) is 0 Å². The van der Waals surface area contributed by atoms with Gasteiger partial charge in [0, 0.05) is 25.3 Å². The van der Waals surface area contributed by atoms with Crippen LogP contribution in [0.2, 0.25) is 0 Å². The summed E-state index contributed by atoms with van der Waals surface area (Å²) in [6.45, 7) is 1.77. The Balaban J connectivity index is 1.38. The Morgan fingerprint density at radius 1 is 1.03 bits per heavy atom. The fourth-order valence-electron chi connectivity index (χ4n) is 3.56. The van der Waals surface area contributed by atoms with Gasteiger partial charge < -0.3 is 15.5 Å². The average Bonchev–Trinajstić information content (AvgIpc) is 3.30. The van der Waals surface area contributed by atoms with Crippen LogP contribution in [0.5, 0.6) is 0 Å². The summed E-state index contributed by atoms with van der Waals surface area (Å²) in [5.41, 5.74) is 2.50. The van der Waals surface area contributed by atoms with Gasteiger partial charge in [-0.05, 0) is 42.7 Å². The third-order valence-electron chi connectivity index (χ3n) is 5.12. The second kappa shape index (κ2) is 8.77. The van der Waals surface area contributed by atoms with Gasteiger partial charge in [0.25, 0.3) is 5.56 Å². The van der Waals surface area contributed by atoms with Crippen LogP contribution in [-0.4, -0.2) is 39.5 Å². The Morgan fingerprint density at radius 3 is 2.67 bits per heavy atom. The van der Waals surface area contributed by atoms with Crippen molar-refractivity contribution < 1.29 is 9.59 Å². The van der Waals surface area contributed by atoms with Gasteiger partial charge in [-0.1, -0.05) is 24.3 Å². The number of carbonyl (C=O) groups excluding carboxylic acids is 2. The maximum absolute atomic E-state index is 12.5. The van der Waals surface area contributed by atoms with E-state index in [-0.39, 0.29) is 24.0 Å². The summed E-state index contributed by atoms with van der Waals surface area (Å²) in [7, 11) is 0. The lowest BCUT2D eigenvalue weighted by molar-refractivity contribution is -0.121. The van der Waals surface area contributed by atoms with Gasteiger partial charge >= 0.3 is 6.03 Å². The molecule has 2 heterocycles. The summed E-state index contributed by atoms with van der Waals surface area (Å²) in [5, 5.41) is 5.73. The van der Waals surface area contributed by atoms with Gasteiger partial charge in [0.2, 0.25) is 5.91 Å². The van der Waals surface area contributed by atoms with E-state index in [1.807, 2.05) is 30.3 Å². The van der Waals surface area contributed by atoms with Crippen molar-refractivity contribution >= 4 is 28.7 Å². The number of anilines is 1. The fourth-order valence-corrected chi connectivity index (χ4v) is 3.56. The molecule has 0 atom stereocenters. The number of nitrogens with zero attached hydrogens (tertiary/aromatic N) is 3. The number of urea groups is 1. The van der Waals surface area contributed by atoms with E-state index in [1.54, 1.807) is 23.1 Å². The molecule has 154 valence electrons. The zero-order valence-electron chi connectivity index (χ0n) is 16.5. The number of amides is 3. The molecule has 2 N–H and O–H groups in total. The van der Waals surface area contributed by atoms with Gasteiger partial charge in [-0.2, -0.15) is 0 Å². The van der Waals surface area contributed by atoms with Crippen LogP contribution in [0, 0.1) is 0 Å². The van der Waals surface area contributed by atoms with Gasteiger partial charge in [0.1, 0.15) is 6.54 Å². The van der Waals surface area contributed by atoms with Crippen molar-refractivity contribution in [3.05, 3.63) is 70.6 Å². The van der Waals surface area contributed by atoms with Crippen LogP contribution in [0.3, 0.4) is 0 Å². The summed E-state index contributed by atoms with van der Waals surface area (Å²) >= 11 is 0. The van der Waals surface area contributed by atoms with Crippen molar-refractivity contribution in [1.82, 2.24) is 19.8 Å². The number of benzene rings is 2. The highest BCUT2D eigenvalue weighted by Crippen LogP contribution is 2.14. The van der Waals surface area contributed by atoms with Crippen molar-refractivity contribution in [3.63, 3.8) is 0 Å². The van der Waals surface area contributed by atoms with Crippen LogP contribution < -0.4 is 16.2 Å². The predicted octanol–water partition coefficient (Wildman–Crippen LogP) is 2.34. The highest BCUT2D eigenvalue weighted by atomic mass is 16.2. The molecule has 1 aliphatic rings. The van der Waals surface area contributed by atoms with E-state index in [4.69, 9.17) is 0 Å². The van der Waals surface area contributed by atoms with E-state index in [0.29, 0.717) is 23.3 Å². The van der Waals surface area contributed by atoms with Crippen LogP contribution in [0.4, 0.5) is 10.5 Å². The zero-order valence-corrected chi connectivity index (χ0v) is 16.5. The standard InChI is InChI=1S/C22H23N5O3/c28-20(15-27-19-9-2-1-8-18(19)23-14-21(27)29)24-13-16-6-5-7-17(12-16)25-22(30)26-10-3-4-11-26/h1-2,5-9,12,14H,3-4,10-11,13,15H2,(H,24,28)(H,25,30). The van der Waals surface area contributed by atoms with Crippen molar-refractivity contribution in [1.29, 1.82) is 0 Å². The number of carbonyl (C=O) groups is 2. The average molecular weight is 405 g/mol. The minimum absolute atomic E-state index is 0.0900. The predicted molar refractivity (Wildman–Crippen MR) is 114 cm³/mol. The van der Waals surface area contributed by atoms with E-state index in [2.05, 4.69) is 15.6 Å². The molecule has 1 aromatic heterocycles. The lowest BCUT2D eigenvalue weighted by atomic mass is 10.2. The molecule has 0 radical (unpaired) electrons. The van der Waals surface area contributed by atoms with Crippen LogP contribution in [0.25, 0.3) is 11.0 Å². The molecule has 3 aromatic rings. The summed E-state index contributed by atoms with van der Waals surface area (Å²) < 4.78 is 1.41. The molecule has 4 rings (SSSR count). The number of hydrogen-bond donors (Lipinski definition) is 2. The largest absolute Gasteiger partial charge is 0.350 e. The maximum atomic E-state index is 12.5. The Hall–Kier alpha value is -3.68. The third-order valence-corrected chi connectivity index (χ3v) is 5.12. The minimum atomic E-state index is -0.324. The van der Waals surface area contributed by atoms with Crippen LogP contribution in [0.1, 0.15) is 18.4 Å². The molecular weight excluding hydrogens is 382 g/mol. The van der Waals surface area contributed by atoms with E-state index < -0.39 is 0 Å². The topological polar surface area (TPSA) is 96.3 Å². The fraction of sp³-hybridized carbons (Fsp3) is 0.273. The van der Waals surface area contributed by atoms with E-state index in [1.165, 1.54) is 10.8 Å². The molecule has 1 fully saturated rings. The lowest BCUT2D eigenvalue weighted by Gasteiger charge is -2.16. The van der Waals surface area contributed by atoms with Crippen LogP contribution in [0.15, 0.2) is 59.5 Å². The molecule has 1 aliphatic heterocycles. The van der Waals surface area contributed by atoms with E-state index in [0.717, 1.165) is 31.5 Å². The number of para-hydroxylation sites is 2. The van der Waals surface area contributed by atoms with Gasteiger partial charge in [-0.3, -0.25) is 14.2 Å². The Morgan fingerprint density at radius 2 is 1.83 bits per heavy atom. The van der Waals surface area contributed by atoms with Gasteiger partial charge in [0.05, 0.1) is 17.2 Å². The number of nitrogens with one attached hydrogen (secondary N) is 2. The lowest BCUT2D eigenvalue weighted by Crippen LogP contribution is -2.32. The van der Waals surface area contributed by atoms with Crippen molar-refractivity contribution in [2.75, 3.05) is 18.4 Å². The van der Waals surface area contributed by atoms with Crippen LogP contribution >= 0.6 is 0 Å². The second-order valence-corrected chi connectivity index (χ2v) is 7.27. The molecule has 0 aliphatic carbocycles. The molecular formula is C22H23N5O3. The molecule has 2 aromatic carbocycles. The Bertz CT molecular complexity index is 1130. The molecule has 8 nitrogen and oxygen atoms in total. The minimum Gasteiger partial charge on any atom is -0.350 e. The van der Waals surface area contributed by atoms with Crippen molar-refractivity contribution in [2.24, 2.45) is 0 Å². The summed E-state index contributed by atoms with van der Waals surface area (Å²) in [4.78, 5) is 42.8. The monoisotopic (exact) mass is 405 g/mol. The first kappa shape index (κ1) is 19.6. The van der Waals surface area contributed by atoms with E-state index >= 15 is 0 Å². The molecule has 3 amide bonds. The van der Waals surface area contributed by atoms with E-state index in [9.17, 15) is 14.4 Å². The molecule has 0 saturated carbocycles. The first-order valence-corrected chi connectivity index (χ1v) is 9.96. The smallest absolute Gasteiger partial charge is 0.321 e. The van der Waals surface area contributed by atoms with Crippen molar-refractivity contribution in [2.45, 2.75) is 25.9 Å². The Labute approximate surface area is 173 Å². The Kier molecular flexibility index (Phi) is 5.74. The molecule has 0 spiro atoms. The molecule has 8 heteroatoms. The van der Waals surface area contributed by atoms with Gasteiger partial charge in [-0.25, -0.2) is 9.78 Å². The summed E-state index contributed by atoms with van der Waals surface area (Å²) in [5.74, 6) is -0.278. The molecule has 0 unspecified atom stereocenters. The quantitative estimate of drug-likeness (QED) is 0.681. The number of fused-ring (bicyclic) bond motifs is 1. The second-order valence-electron chi connectivity index (χ2n) is 7.27. The zero-order chi connectivity index (χ0) is 20.9. The van der Waals surface area contributed by atoms with Gasteiger partial charge in [0.15, 0.2) is 0 Å². The van der Waals surface area contributed by atoms with Gasteiger partial charge in [-0.15, -0.1) is 0 Å². The number of hydrogen-bond acceptors (Lipinski definition) is 4. The first-order valence-electron chi connectivity index (χ1n) is 9.96. The molecule has 0 bridgehead atoms. The number of likely N-dealkylation sites (tertiary alicyclic amines) is 1. The molecule has 30 heavy (non-hydrogen) atoms.